The van der Waals surface area contributed by atoms with Gasteiger partial charge in [0.2, 0.25) is 0 Å². The van der Waals surface area contributed by atoms with Crippen LogP contribution in [0.25, 0.3) is 0 Å². The van der Waals surface area contributed by atoms with E-state index >= 15 is 0 Å². The molecule has 2 aromatic rings. The first-order chi connectivity index (χ1) is 8.48. The van der Waals surface area contributed by atoms with Gasteiger partial charge in [-0.1, -0.05) is 18.2 Å². The first-order valence-corrected chi connectivity index (χ1v) is 5.94. The van der Waals surface area contributed by atoms with Crippen molar-refractivity contribution in [3.8, 4) is 0 Å². The van der Waals surface area contributed by atoms with Gasteiger partial charge in [-0.05, 0) is 6.07 Å². The van der Waals surface area contributed by atoms with Crippen molar-refractivity contribution >= 4 is 17.1 Å². The van der Waals surface area contributed by atoms with Crippen LogP contribution in [0.5, 0.6) is 0 Å². The maximum atomic E-state index is 12.7. The Bertz CT molecular complexity index is 549. The van der Waals surface area contributed by atoms with Gasteiger partial charge < -0.3 is 0 Å². The van der Waals surface area contributed by atoms with Crippen molar-refractivity contribution in [1.82, 2.24) is 4.98 Å². The predicted molar refractivity (Wildman–Crippen MR) is 61.6 cm³/mol. The second-order valence-corrected chi connectivity index (χ2v) is 4.55. The molecule has 0 spiro atoms. The van der Waals surface area contributed by atoms with E-state index < -0.39 is 17.5 Å². The van der Waals surface area contributed by atoms with E-state index in [2.05, 4.69) is 4.98 Å². The highest BCUT2D eigenvalue weighted by atomic mass is 32.1. The summed E-state index contributed by atoms with van der Waals surface area (Å²) < 4.78 is 38.2. The minimum Gasteiger partial charge on any atom is -0.294 e. The van der Waals surface area contributed by atoms with E-state index in [1.807, 2.05) is 0 Å². The molecule has 0 N–H and O–H groups in total. The number of rotatable bonds is 3. The number of thiazole rings is 1. The molecule has 0 unspecified atom stereocenters. The summed E-state index contributed by atoms with van der Waals surface area (Å²) in [5, 5.41) is 2.19. The molecule has 0 bridgehead atoms. The van der Waals surface area contributed by atoms with Gasteiger partial charge in [-0.3, -0.25) is 4.79 Å². The molecule has 0 radical (unpaired) electrons. The number of halogens is 3. The molecule has 94 valence electrons. The Kier molecular flexibility index (Phi) is 3.47. The minimum absolute atomic E-state index is 0.106. The van der Waals surface area contributed by atoms with Gasteiger partial charge in [-0.15, -0.1) is 11.3 Å². The zero-order chi connectivity index (χ0) is 13.2. The van der Waals surface area contributed by atoms with Gasteiger partial charge in [-0.25, -0.2) is 4.98 Å². The fraction of sp³-hybridized carbons (Fsp3) is 0.167. The third kappa shape index (κ3) is 2.76. The average molecular weight is 271 g/mol. The van der Waals surface area contributed by atoms with E-state index in [4.69, 9.17) is 0 Å². The smallest absolute Gasteiger partial charge is 0.294 e. The number of hydrogen-bond donors (Lipinski definition) is 0. The second kappa shape index (κ2) is 4.89. The maximum Gasteiger partial charge on any atom is 0.417 e. The number of hydrogen-bond acceptors (Lipinski definition) is 3. The zero-order valence-corrected chi connectivity index (χ0v) is 9.89. The maximum absolute atomic E-state index is 12.7. The lowest BCUT2D eigenvalue weighted by atomic mass is 10.0. The number of Topliss-reactive ketones (excluding diaryl/α,β-unsaturated/α-hetero) is 1. The number of aromatic nitrogens is 1. The fourth-order valence-electron chi connectivity index (χ4n) is 1.55. The summed E-state index contributed by atoms with van der Waals surface area (Å²) in [5.74, 6) is -0.571. The Balaban J connectivity index is 2.31. The van der Waals surface area contributed by atoms with Crippen LogP contribution in [0.4, 0.5) is 13.2 Å². The number of nitrogens with zero attached hydrogens (tertiary/aromatic N) is 1. The van der Waals surface area contributed by atoms with Crippen molar-refractivity contribution in [2.75, 3.05) is 0 Å². The summed E-state index contributed by atoms with van der Waals surface area (Å²) >= 11 is 1.25. The number of alkyl halides is 3. The first kappa shape index (κ1) is 12.8. The van der Waals surface area contributed by atoms with Crippen molar-refractivity contribution in [2.24, 2.45) is 0 Å². The molecular weight excluding hydrogens is 263 g/mol. The average Bonchev–Trinajstić information content (AvgIpc) is 2.80. The quantitative estimate of drug-likeness (QED) is 0.798. The molecule has 0 saturated carbocycles. The fourth-order valence-corrected chi connectivity index (χ4v) is 2.16. The Morgan fingerprint density at radius 2 is 2.00 bits per heavy atom. The van der Waals surface area contributed by atoms with E-state index in [0.29, 0.717) is 5.01 Å². The van der Waals surface area contributed by atoms with E-state index in [-0.39, 0.29) is 12.0 Å². The van der Waals surface area contributed by atoms with Gasteiger partial charge in [0.1, 0.15) is 5.01 Å². The molecule has 0 aliphatic carbocycles. The molecule has 0 aliphatic rings. The first-order valence-electron chi connectivity index (χ1n) is 5.06. The SMILES string of the molecule is O=C(Cc1nccs1)c1ccccc1C(F)(F)F. The normalized spacial score (nSPS) is 11.5. The topological polar surface area (TPSA) is 30.0 Å². The van der Waals surface area contributed by atoms with E-state index in [9.17, 15) is 18.0 Å². The van der Waals surface area contributed by atoms with Gasteiger partial charge in [0.05, 0.1) is 12.0 Å². The molecule has 0 amide bonds. The Labute approximate surface area is 105 Å². The van der Waals surface area contributed by atoms with Gasteiger partial charge in [0, 0.05) is 17.1 Å². The van der Waals surface area contributed by atoms with Crippen LogP contribution in [0.1, 0.15) is 20.9 Å². The summed E-state index contributed by atoms with van der Waals surface area (Å²) in [6, 6.07) is 4.79. The summed E-state index contributed by atoms with van der Waals surface area (Å²) in [6.07, 6.45) is -3.11. The summed E-state index contributed by atoms with van der Waals surface area (Å²) in [5.41, 5.74) is -1.20. The van der Waals surface area contributed by atoms with E-state index in [1.54, 1.807) is 5.38 Å². The highest BCUT2D eigenvalue weighted by molar-refractivity contribution is 7.09. The van der Waals surface area contributed by atoms with E-state index in [1.165, 1.54) is 35.7 Å². The molecule has 2 nitrogen and oxygen atoms in total. The summed E-state index contributed by atoms with van der Waals surface area (Å²) in [4.78, 5) is 15.7. The lowest BCUT2D eigenvalue weighted by Crippen LogP contribution is -2.14. The van der Waals surface area contributed by atoms with Gasteiger partial charge in [0.25, 0.3) is 0 Å². The van der Waals surface area contributed by atoms with Crippen molar-refractivity contribution in [3.63, 3.8) is 0 Å². The van der Waals surface area contributed by atoms with Crippen LogP contribution in [-0.2, 0) is 12.6 Å². The molecular formula is C12H8F3NOS. The molecule has 18 heavy (non-hydrogen) atoms. The zero-order valence-electron chi connectivity index (χ0n) is 9.07. The third-order valence-corrected chi connectivity index (χ3v) is 3.11. The van der Waals surface area contributed by atoms with Gasteiger partial charge in [0.15, 0.2) is 5.78 Å². The van der Waals surface area contributed by atoms with Crippen molar-refractivity contribution in [3.05, 3.63) is 52.0 Å². The van der Waals surface area contributed by atoms with Gasteiger partial charge >= 0.3 is 6.18 Å². The molecule has 6 heteroatoms. The minimum atomic E-state index is -4.52. The Morgan fingerprint density at radius 3 is 2.61 bits per heavy atom. The molecule has 1 aromatic heterocycles. The van der Waals surface area contributed by atoms with E-state index in [0.717, 1.165) is 6.07 Å². The summed E-state index contributed by atoms with van der Waals surface area (Å²) in [7, 11) is 0. The molecule has 2 rings (SSSR count). The van der Waals surface area contributed by atoms with Crippen molar-refractivity contribution in [2.45, 2.75) is 12.6 Å². The number of ketones is 1. The largest absolute Gasteiger partial charge is 0.417 e. The van der Waals surface area contributed by atoms with Crippen molar-refractivity contribution < 1.29 is 18.0 Å². The number of carbonyl (C=O) groups is 1. The third-order valence-electron chi connectivity index (χ3n) is 2.33. The lowest BCUT2D eigenvalue weighted by molar-refractivity contribution is -0.137. The molecule has 0 atom stereocenters. The Hall–Kier alpha value is -1.69. The van der Waals surface area contributed by atoms with Gasteiger partial charge in [-0.2, -0.15) is 13.2 Å². The van der Waals surface area contributed by atoms with Crippen LogP contribution in [0.2, 0.25) is 0 Å². The molecule has 0 aliphatic heterocycles. The highest BCUT2D eigenvalue weighted by Gasteiger charge is 2.34. The molecule has 1 heterocycles. The number of benzene rings is 1. The van der Waals surface area contributed by atoms with Crippen molar-refractivity contribution in [1.29, 1.82) is 0 Å². The predicted octanol–water partition coefficient (Wildman–Crippen LogP) is 3.59. The highest BCUT2D eigenvalue weighted by Crippen LogP contribution is 2.32. The van der Waals surface area contributed by atoms with Crippen LogP contribution in [0, 0.1) is 0 Å². The monoisotopic (exact) mass is 271 g/mol. The lowest BCUT2D eigenvalue weighted by Gasteiger charge is -2.11. The van der Waals surface area contributed by atoms with Crippen LogP contribution in [0.3, 0.4) is 0 Å². The summed E-state index contributed by atoms with van der Waals surface area (Å²) in [6.45, 7) is 0. The van der Waals surface area contributed by atoms with Crippen LogP contribution in [-0.4, -0.2) is 10.8 Å². The Morgan fingerprint density at radius 1 is 1.28 bits per heavy atom. The number of carbonyl (C=O) groups excluding carboxylic acids is 1. The molecule has 0 fully saturated rings. The second-order valence-electron chi connectivity index (χ2n) is 3.57. The van der Waals surface area contributed by atoms with Crippen LogP contribution >= 0.6 is 11.3 Å². The molecule has 1 aromatic carbocycles. The van der Waals surface area contributed by atoms with Crippen LogP contribution in [0.15, 0.2) is 35.8 Å². The standard InChI is InChI=1S/C12H8F3NOS/c13-12(14,15)9-4-2-1-3-8(9)10(17)7-11-16-5-6-18-11/h1-6H,7H2. The van der Waals surface area contributed by atoms with Crippen LogP contribution < -0.4 is 0 Å². The molecule has 0 saturated heterocycles.